The number of Topliss-reactive ketones (excluding diaryl/α,β-unsaturated/α-hetero) is 1. The van der Waals surface area contributed by atoms with Gasteiger partial charge in [-0.1, -0.05) is 28.1 Å². The summed E-state index contributed by atoms with van der Waals surface area (Å²) in [5.74, 6) is 0.391. The van der Waals surface area contributed by atoms with E-state index in [1.807, 2.05) is 30.3 Å². The first-order chi connectivity index (χ1) is 11.7. The zero-order valence-electron chi connectivity index (χ0n) is 13.0. The highest BCUT2D eigenvalue weighted by Gasteiger charge is 2.15. The summed E-state index contributed by atoms with van der Waals surface area (Å²) in [6, 6.07) is 11.6. The molecule has 0 amide bonds. The van der Waals surface area contributed by atoms with Crippen molar-refractivity contribution < 1.29 is 9.53 Å². The van der Waals surface area contributed by atoms with E-state index in [1.165, 1.54) is 23.9 Å². The summed E-state index contributed by atoms with van der Waals surface area (Å²) in [5, 5.41) is 0.786. The van der Waals surface area contributed by atoms with Crippen molar-refractivity contribution in [1.29, 1.82) is 0 Å². The molecule has 3 aromatic rings. The van der Waals surface area contributed by atoms with Gasteiger partial charge in [0.05, 0.1) is 10.9 Å². The largest absolute Gasteiger partial charge is 0.469 e. The van der Waals surface area contributed by atoms with Crippen molar-refractivity contribution in [2.45, 2.75) is 19.3 Å². The second kappa shape index (κ2) is 6.32. The number of fused-ring (bicyclic) bond motifs is 2. The number of halogens is 1. The van der Waals surface area contributed by atoms with Gasteiger partial charge in [0.15, 0.2) is 12.4 Å². The highest BCUT2D eigenvalue weighted by atomic mass is 79.9. The van der Waals surface area contributed by atoms with Gasteiger partial charge in [0.1, 0.15) is 6.33 Å². The van der Waals surface area contributed by atoms with Gasteiger partial charge in [0.25, 0.3) is 0 Å². The van der Waals surface area contributed by atoms with Gasteiger partial charge in [0.2, 0.25) is 5.88 Å². The van der Waals surface area contributed by atoms with Crippen molar-refractivity contribution >= 4 is 32.6 Å². The Labute approximate surface area is 148 Å². The van der Waals surface area contributed by atoms with Gasteiger partial charge in [-0.2, -0.15) is 0 Å². The van der Waals surface area contributed by atoms with Crippen LogP contribution in [0.25, 0.3) is 10.9 Å². The van der Waals surface area contributed by atoms with Crippen molar-refractivity contribution in [3.05, 3.63) is 63.9 Å². The first-order valence-electron chi connectivity index (χ1n) is 7.89. The minimum absolute atomic E-state index is 0.0303. The van der Waals surface area contributed by atoms with Crippen molar-refractivity contribution in [2.24, 2.45) is 0 Å². The number of nitrogens with zero attached hydrogens (tertiary/aromatic N) is 2. The molecule has 1 aliphatic carbocycles. The third-order valence-corrected chi connectivity index (χ3v) is 4.81. The fourth-order valence-electron chi connectivity index (χ4n) is 3.08. The molecule has 0 saturated heterocycles. The van der Waals surface area contributed by atoms with E-state index in [0.29, 0.717) is 11.4 Å². The Morgan fingerprint density at radius 2 is 1.96 bits per heavy atom. The molecule has 0 saturated carbocycles. The summed E-state index contributed by atoms with van der Waals surface area (Å²) in [4.78, 5) is 20.8. The molecule has 0 unspecified atom stereocenters. The van der Waals surface area contributed by atoms with Crippen LogP contribution in [0.4, 0.5) is 0 Å². The lowest BCUT2D eigenvalue weighted by atomic mass is 10.0. The van der Waals surface area contributed by atoms with E-state index in [9.17, 15) is 4.79 Å². The molecule has 0 aliphatic heterocycles. The maximum atomic E-state index is 12.4. The van der Waals surface area contributed by atoms with Gasteiger partial charge < -0.3 is 4.74 Å². The summed E-state index contributed by atoms with van der Waals surface area (Å²) in [7, 11) is 0. The standard InChI is InChI=1S/C19H15BrN2O2/c20-15-6-7-17-16(9-15)19(22-11-21-17)24-10-18(23)14-5-4-12-2-1-3-13(12)8-14/h4-9,11H,1-3,10H2. The maximum absolute atomic E-state index is 12.4. The van der Waals surface area contributed by atoms with Crippen molar-refractivity contribution in [2.75, 3.05) is 6.61 Å². The van der Waals surface area contributed by atoms with Crippen LogP contribution in [0, 0.1) is 0 Å². The fraction of sp³-hybridized carbons (Fsp3) is 0.211. The van der Waals surface area contributed by atoms with E-state index in [0.717, 1.165) is 28.2 Å². The number of carbonyl (C=O) groups is 1. The minimum Gasteiger partial charge on any atom is -0.469 e. The van der Waals surface area contributed by atoms with E-state index in [1.54, 1.807) is 0 Å². The number of hydrogen-bond acceptors (Lipinski definition) is 4. The molecule has 1 aromatic heterocycles. The molecule has 5 heteroatoms. The highest BCUT2D eigenvalue weighted by molar-refractivity contribution is 9.10. The van der Waals surface area contributed by atoms with Gasteiger partial charge in [0, 0.05) is 10.0 Å². The number of rotatable bonds is 4. The summed E-state index contributed by atoms with van der Waals surface area (Å²) < 4.78 is 6.60. The Morgan fingerprint density at radius 3 is 2.88 bits per heavy atom. The fourth-order valence-corrected chi connectivity index (χ4v) is 3.44. The van der Waals surface area contributed by atoms with E-state index in [4.69, 9.17) is 4.74 Å². The van der Waals surface area contributed by atoms with E-state index < -0.39 is 0 Å². The van der Waals surface area contributed by atoms with Crippen LogP contribution < -0.4 is 4.74 Å². The van der Waals surface area contributed by atoms with Crippen LogP contribution in [-0.2, 0) is 12.8 Å². The lowest BCUT2D eigenvalue weighted by Gasteiger charge is -2.08. The first-order valence-corrected chi connectivity index (χ1v) is 8.68. The topological polar surface area (TPSA) is 52.1 Å². The molecule has 1 heterocycles. The number of aromatic nitrogens is 2. The number of ketones is 1. The average Bonchev–Trinajstić information content (AvgIpc) is 3.07. The van der Waals surface area contributed by atoms with Gasteiger partial charge in [-0.05, 0) is 54.7 Å². The Balaban J connectivity index is 1.54. The quantitative estimate of drug-likeness (QED) is 0.636. The molecule has 0 spiro atoms. The SMILES string of the molecule is O=C(COc1ncnc2ccc(Br)cc12)c1ccc2c(c1)CCC2. The second-order valence-electron chi connectivity index (χ2n) is 5.89. The summed E-state index contributed by atoms with van der Waals surface area (Å²) in [6.45, 7) is -0.0303. The first kappa shape index (κ1) is 15.3. The van der Waals surface area contributed by atoms with Crippen molar-refractivity contribution in [3.63, 3.8) is 0 Å². The molecule has 0 radical (unpaired) electrons. The summed E-state index contributed by atoms with van der Waals surface area (Å²) in [6.07, 6.45) is 4.79. The van der Waals surface area contributed by atoms with Crippen LogP contribution in [0.1, 0.15) is 27.9 Å². The molecule has 0 fully saturated rings. The number of hydrogen-bond donors (Lipinski definition) is 0. The third-order valence-electron chi connectivity index (χ3n) is 4.32. The van der Waals surface area contributed by atoms with Gasteiger partial charge in [-0.25, -0.2) is 9.97 Å². The summed E-state index contributed by atoms with van der Waals surface area (Å²) in [5.41, 5.74) is 4.14. The van der Waals surface area contributed by atoms with Crippen LogP contribution in [-0.4, -0.2) is 22.4 Å². The molecule has 0 bridgehead atoms. The number of carbonyl (C=O) groups excluding carboxylic acids is 1. The number of benzene rings is 2. The zero-order chi connectivity index (χ0) is 16.5. The number of ether oxygens (including phenoxy) is 1. The monoisotopic (exact) mass is 382 g/mol. The zero-order valence-corrected chi connectivity index (χ0v) is 14.5. The van der Waals surface area contributed by atoms with E-state index >= 15 is 0 Å². The smallest absolute Gasteiger partial charge is 0.224 e. The van der Waals surface area contributed by atoms with E-state index in [-0.39, 0.29) is 12.4 Å². The minimum atomic E-state index is -0.0357. The second-order valence-corrected chi connectivity index (χ2v) is 6.80. The molecule has 24 heavy (non-hydrogen) atoms. The molecule has 2 aromatic carbocycles. The molecular weight excluding hydrogens is 368 g/mol. The predicted octanol–water partition coefficient (Wildman–Crippen LogP) is 4.14. The van der Waals surface area contributed by atoms with Gasteiger partial charge in [-0.3, -0.25) is 4.79 Å². The molecule has 120 valence electrons. The van der Waals surface area contributed by atoms with Crippen molar-refractivity contribution in [3.8, 4) is 5.88 Å². The maximum Gasteiger partial charge on any atom is 0.224 e. The molecular formula is C19H15BrN2O2. The summed E-state index contributed by atoms with van der Waals surface area (Å²) >= 11 is 3.43. The Bertz CT molecular complexity index is 940. The molecule has 0 atom stereocenters. The van der Waals surface area contributed by atoms with Gasteiger partial charge in [-0.15, -0.1) is 0 Å². The van der Waals surface area contributed by atoms with Crippen LogP contribution >= 0.6 is 15.9 Å². The van der Waals surface area contributed by atoms with Crippen LogP contribution in [0.3, 0.4) is 0 Å². The number of aryl methyl sites for hydroxylation is 2. The van der Waals surface area contributed by atoms with Crippen LogP contribution in [0.5, 0.6) is 5.88 Å². The molecule has 4 nitrogen and oxygen atoms in total. The predicted molar refractivity (Wildman–Crippen MR) is 95.5 cm³/mol. The Hall–Kier alpha value is -2.27. The van der Waals surface area contributed by atoms with Crippen LogP contribution in [0.15, 0.2) is 47.2 Å². The van der Waals surface area contributed by atoms with Crippen molar-refractivity contribution in [1.82, 2.24) is 9.97 Å². The Morgan fingerprint density at radius 1 is 1.08 bits per heavy atom. The molecule has 0 N–H and O–H groups in total. The lowest BCUT2D eigenvalue weighted by Crippen LogP contribution is -2.13. The Kier molecular flexibility index (Phi) is 4.02. The lowest BCUT2D eigenvalue weighted by molar-refractivity contribution is 0.0919. The average molecular weight is 383 g/mol. The van der Waals surface area contributed by atoms with Gasteiger partial charge >= 0.3 is 0 Å². The molecule has 1 aliphatic rings. The third kappa shape index (κ3) is 2.91. The normalized spacial score (nSPS) is 13.0. The van der Waals surface area contributed by atoms with E-state index in [2.05, 4.69) is 32.0 Å². The van der Waals surface area contributed by atoms with Crippen LogP contribution in [0.2, 0.25) is 0 Å². The highest BCUT2D eigenvalue weighted by Crippen LogP contribution is 2.26. The molecule has 4 rings (SSSR count).